The Hall–Kier alpha value is -1.05. The Morgan fingerprint density at radius 2 is 2.00 bits per heavy atom. The van der Waals surface area contributed by atoms with Gasteiger partial charge in [-0.05, 0) is 38.2 Å². The van der Waals surface area contributed by atoms with Gasteiger partial charge in [0.15, 0.2) is 0 Å². The molecule has 0 bridgehead atoms. The summed E-state index contributed by atoms with van der Waals surface area (Å²) < 4.78 is 0. The third-order valence-electron chi connectivity index (χ3n) is 2.10. The van der Waals surface area contributed by atoms with Gasteiger partial charge >= 0.3 is 0 Å². The summed E-state index contributed by atoms with van der Waals surface area (Å²) >= 11 is 0. The Bertz CT molecular complexity index is 226. The Kier molecular flexibility index (Phi) is 5.05. The molecule has 0 aliphatic heterocycles. The lowest BCUT2D eigenvalue weighted by Gasteiger charge is -1.95. The molecule has 0 spiro atoms. The Morgan fingerprint density at radius 1 is 1.29 bits per heavy atom. The number of hydrogen-bond donors (Lipinski definition) is 1. The van der Waals surface area contributed by atoms with Gasteiger partial charge in [0, 0.05) is 6.04 Å². The zero-order valence-corrected chi connectivity index (χ0v) is 8.83. The lowest BCUT2D eigenvalue weighted by Crippen LogP contribution is -2.22. The minimum absolute atomic E-state index is 0.0620. The molecule has 0 unspecified atom stereocenters. The fourth-order valence-corrected chi connectivity index (χ4v) is 1.14. The maximum absolute atomic E-state index is 11.2. The molecule has 78 valence electrons. The third-order valence-corrected chi connectivity index (χ3v) is 2.10. The summed E-state index contributed by atoms with van der Waals surface area (Å²) in [6, 6.07) is 0.465. The molecule has 1 saturated carbocycles. The molecule has 0 heterocycles. The van der Waals surface area contributed by atoms with Gasteiger partial charge in [-0.2, -0.15) is 0 Å². The van der Waals surface area contributed by atoms with Gasteiger partial charge in [0.05, 0.1) is 0 Å². The topological polar surface area (TPSA) is 29.1 Å². The SMILES string of the molecule is CC/C=C\CCC=CC(=O)NC1CC1. The number of unbranched alkanes of at least 4 members (excludes halogenated alkanes) is 1. The molecule has 2 nitrogen and oxygen atoms in total. The van der Waals surface area contributed by atoms with Gasteiger partial charge in [-0.25, -0.2) is 0 Å². The van der Waals surface area contributed by atoms with Crippen molar-refractivity contribution < 1.29 is 4.79 Å². The number of carbonyl (C=O) groups is 1. The summed E-state index contributed by atoms with van der Waals surface area (Å²) in [7, 11) is 0. The lowest BCUT2D eigenvalue weighted by atomic mass is 10.2. The highest BCUT2D eigenvalue weighted by Gasteiger charge is 2.21. The second-order valence-electron chi connectivity index (χ2n) is 3.64. The van der Waals surface area contributed by atoms with Gasteiger partial charge in [-0.15, -0.1) is 0 Å². The van der Waals surface area contributed by atoms with Crippen molar-refractivity contribution in [2.75, 3.05) is 0 Å². The largest absolute Gasteiger partial charge is 0.350 e. The molecule has 0 atom stereocenters. The van der Waals surface area contributed by atoms with Crippen LogP contribution in [0, 0.1) is 0 Å². The molecule has 14 heavy (non-hydrogen) atoms. The predicted molar refractivity (Wildman–Crippen MR) is 59.0 cm³/mol. The summed E-state index contributed by atoms with van der Waals surface area (Å²) in [5.74, 6) is 0.0620. The summed E-state index contributed by atoms with van der Waals surface area (Å²) in [6.07, 6.45) is 13.3. The minimum Gasteiger partial charge on any atom is -0.350 e. The summed E-state index contributed by atoms with van der Waals surface area (Å²) in [5.41, 5.74) is 0. The average Bonchev–Trinajstić information content (AvgIpc) is 2.95. The van der Waals surface area contributed by atoms with Crippen LogP contribution in [0.4, 0.5) is 0 Å². The van der Waals surface area contributed by atoms with E-state index in [1.54, 1.807) is 6.08 Å². The first-order valence-corrected chi connectivity index (χ1v) is 5.45. The molecular formula is C12H19NO. The average molecular weight is 193 g/mol. The highest BCUT2D eigenvalue weighted by molar-refractivity contribution is 5.87. The van der Waals surface area contributed by atoms with Crippen LogP contribution in [-0.4, -0.2) is 11.9 Å². The second-order valence-corrected chi connectivity index (χ2v) is 3.64. The maximum atomic E-state index is 11.2. The molecule has 0 aromatic carbocycles. The number of amides is 1. The molecule has 1 aliphatic carbocycles. The van der Waals surface area contributed by atoms with Crippen molar-refractivity contribution in [3.8, 4) is 0 Å². The highest BCUT2D eigenvalue weighted by atomic mass is 16.1. The van der Waals surface area contributed by atoms with Crippen LogP contribution in [-0.2, 0) is 4.79 Å². The van der Waals surface area contributed by atoms with Crippen LogP contribution >= 0.6 is 0 Å². The van der Waals surface area contributed by atoms with E-state index in [0.29, 0.717) is 6.04 Å². The Labute approximate surface area is 86.1 Å². The number of nitrogens with one attached hydrogen (secondary N) is 1. The van der Waals surface area contributed by atoms with Crippen LogP contribution in [0.15, 0.2) is 24.3 Å². The molecular weight excluding hydrogens is 174 g/mol. The minimum atomic E-state index is 0.0620. The van der Waals surface area contributed by atoms with E-state index in [9.17, 15) is 4.79 Å². The Balaban J connectivity index is 2.00. The second kappa shape index (κ2) is 6.41. The van der Waals surface area contributed by atoms with E-state index in [0.717, 1.165) is 32.1 Å². The highest BCUT2D eigenvalue weighted by Crippen LogP contribution is 2.18. The van der Waals surface area contributed by atoms with Gasteiger partial charge in [0.1, 0.15) is 0 Å². The van der Waals surface area contributed by atoms with Crippen LogP contribution in [0.2, 0.25) is 0 Å². The van der Waals surface area contributed by atoms with Crippen LogP contribution in [0.25, 0.3) is 0 Å². The first-order chi connectivity index (χ1) is 6.83. The molecule has 1 rings (SSSR count). The van der Waals surface area contributed by atoms with E-state index in [1.807, 2.05) is 6.08 Å². The van der Waals surface area contributed by atoms with Gasteiger partial charge in [-0.1, -0.05) is 25.2 Å². The first-order valence-electron chi connectivity index (χ1n) is 5.45. The smallest absolute Gasteiger partial charge is 0.243 e. The van der Waals surface area contributed by atoms with Crippen LogP contribution in [0.5, 0.6) is 0 Å². The van der Waals surface area contributed by atoms with Crippen LogP contribution in [0.1, 0.15) is 39.0 Å². The predicted octanol–water partition coefficient (Wildman–Crippen LogP) is 2.57. The molecule has 1 aliphatic rings. The molecule has 2 heteroatoms. The summed E-state index contributed by atoms with van der Waals surface area (Å²) in [5, 5.41) is 2.91. The molecule has 0 saturated heterocycles. The maximum Gasteiger partial charge on any atom is 0.243 e. The van der Waals surface area contributed by atoms with Crippen LogP contribution < -0.4 is 5.32 Å². The number of allylic oxidation sites excluding steroid dienone is 3. The normalized spacial score (nSPS) is 16.6. The van der Waals surface area contributed by atoms with Crippen molar-refractivity contribution in [2.24, 2.45) is 0 Å². The van der Waals surface area contributed by atoms with E-state index < -0.39 is 0 Å². The van der Waals surface area contributed by atoms with E-state index >= 15 is 0 Å². The van der Waals surface area contributed by atoms with Crippen molar-refractivity contribution in [1.29, 1.82) is 0 Å². The van der Waals surface area contributed by atoms with E-state index in [4.69, 9.17) is 0 Å². The fourth-order valence-electron chi connectivity index (χ4n) is 1.14. The monoisotopic (exact) mass is 193 g/mol. The van der Waals surface area contributed by atoms with Crippen molar-refractivity contribution in [3.63, 3.8) is 0 Å². The van der Waals surface area contributed by atoms with Crippen LogP contribution in [0.3, 0.4) is 0 Å². The fraction of sp³-hybridized carbons (Fsp3) is 0.583. The third kappa shape index (κ3) is 5.57. The van der Waals surface area contributed by atoms with Gasteiger partial charge < -0.3 is 5.32 Å². The first kappa shape index (κ1) is 11.0. The number of rotatable bonds is 6. The number of carbonyl (C=O) groups excluding carboxylic acids is 1. The van der Waals surface area contributed by atoms with Gasteiger partial charge in [0.25, 0.3) is 0 Å². The summed E-state index contributed by atoms with van der Waals surface area (Å²) in [4.78, 5) is 11.2. The molecule has 0 aromatic rings. The molecule has 1 N–H and O–H groups in total. The summed E-state index contributed by atoms with van der Waals surface area (Å²) in [6.45, 7) is 2.12. The molecule has 1 fully saturated rings. The zero-order valence-electron chi connectivity index (χ0n) is 8.83. The van der Waals surface area contributed by atoms with Gasteiger partial charge in [-0.3, -0.25) is 4.79 Å². The molecule has 1 amide bonds. The van der Waals surface area contributed by atoms with E-state index in [1.165, 1.54) is 0 Å². The molecule has 0 aromatic heterocycles. The molecule has 0 radical (unpaired) electrons. The van der Waals surface area contributed by atoms with Crippen molar-refractivity contribution >= 4 is 5.91 Å². The lowest BCUT2D eigenvalue weighted by molar-refractivity contribution is -0.116. The van der Waals surface area contributed by atoms with Crippen molar-refractivity contribution in [1.82, 2.24) is 5.32 Å². The van der Waals surface area contributed by atoms with Gasteiger partial charge in [0.2, 0.25) is 5.91 Å². The Morgan fingerprint density at radius 3 is 2.64 bits per heavy atom. The number of hydrogen-bond acceptors (Lipinski definition) is 1. The van der Waals surface area contributed by atoms with Crippen molar-refractivity contribution in [3.05, 3.63) is 24.3 Å². The van der Waals surface area contributed by atoms with E-state index in [-0.39, 0.29) is 5.91 Å². The van der Waals surface area contributed by atoms with Crippen molar-refractivity contribution in [2.45, 2.75) is 45.1 Å². The van der Waals surface area contributed by atoms with E-state index in [2.05, 4.69) is 24.4 Å². The zero-order chi connectivity index (χ0) is 10.2. The standard InChI is InChI=1S/C12H19NO/c1-2-3-4-5-6-7-8-12(14)13-11-9-10-11/h3-4,7-8,11H,2,5-6,9-10H2,1H3,(H,13,14)/b4-3-,8-7?. The quantitative estimate of drug-likeness (QED) is 0.392.